The summed E-state index contributed by atoms with van der Waals surface area (Å²) in [6.45, 7) is 3.01. The smallest absolute Gasteiger partial charge is 0.0494 e. The molecule has 0 fully saturated rings. The maximum atomic E-state index is 2.44. The van der Waals surface area contributed by atoms with Gasteiger partial charge in [-0.3, -0.25) is 0 Å². The second-order valence-corrected chi connectivity index (χ2v) is 7.08. The Kier molecular flexibility index (Phi) is 4.37. The number of anilines is 2. The van der Waals surface area contributed by atoms with Crippen LogP contribution in [0.5, 0.6) is 0 Å². The number of hydrogen-bond acceptors (Lipinski definition) is 2. The topological polar surface area (TPSA) is 3.24 Å². The van der Waals surface area contributed by atoms with E-state index in [0.29, 0.717) is 0 Å². The Morgan fingerprint density at radius 2 is 1.36 bits per heavy atom. The Bertz CT molecular complexity index is 875. The first-order chi connectivity index (χ1) is 12.3. The van der Waals surface area contributed by atoms with Crippen molar-refractivity contribution in [2.75, 3.05) is 11.2 Å². The van der Waals surface area contributed by atoms with Crippen LogP contribution in [0, 0.1) is 6.92 Å². The molecule has 25 heavy (non-hydrogen) atoms. The van der Waals surface area contributed by atoms with E-state index in [9.17, 15) is 0 Å². The van der Waals surface area contributed by atoms with E-state index in [0.717, 1.165) is 6.54 Å². The molecule has 3 aromatic carbocycles. The van der Waals surface area contributed by atoms with E-state index in [4.69, 9.17) is 0 Å². The summed E-state index contributed by atoms with van der Waals surface area (Å²) in [7, 11) is 0. The van der Waals surface area contributed by atoms with Crippen molar-refractivity contribution in [3.05, 3.63) is 100 Å². The van der Waals surface area contributed by atoms with Gasteiger partial charge < -0.3 is 4.90 Å². The van der Waals surface area contributed by atoms with Crippen LogP contribution in [0.3, 0.4) is 0 Å². The van der Waals surface area contributed by atoms with Gasteiger partial charge in [0.25, 0.3) is 0 Å². The van der Waals surface area contributed by atoms with Gasteiger partial charge in [-0.25, -0.2) is 0 Å². The van der Waals surface area contributed by atoms with Crippen LogP contribution in [0.4, 0.5) is 11.4 Å². The van der Waals surface area contributed by atoms with Gasteiger partial charge in [-0.1, -0.05) is 66.2 Å². The summed E-state index contributed by atoms with van der Waals surface area (Å²) >= 11 is 1.76. The number of para-hydroxylation sites is 2. The van der Waals surface area contributed by atoms with Gasteiger partial charge in [-0.15, -0.1) is 11.8 Å². The predicted molar refractivity (Wildman–Crippen MR) is 111 cm³/mol. The van der Waals surface area contributed by atoms with E-state index >= 15 is 0 Å². The monoisotopic (exact) mass is 343 g/mol. The van der Waals surface area contributed by atoms with Crippen LogP contribution in [0.1, 0.15) is 22.3 Å². The Hall–Kier alpha value is -2.45. The Labute approximate surface area is 154 Å². The third kappa shape index (κ3) is 2.98. The molecule has 0 unspecified atom stereocenters. The summed E-state index contributed by atoms with van der Waals surface area (Å²) in [5.74, 6) is 0. The molecule has 1 heterocycles. The highest BCUT2D eigenvalue weighted by molar-refractivity contribution is 8.01. The Balaban J connectivity index is 1.86. The highest BCUT2D eigenvalue weighted by Crippen LogP contribution is 2.46. The lowest BCUT2D eigenvalue weighted by atomic mass is 9.91. The van der Waals surface area contributed by atoms with E-state index in [1.807, 2.05) is 0 Å². The van der Waals surface area contributed by atoms with Gasteiger partial charge in [0.05, 0.1) is 0 Å². The normalized spacial score (nSPS) is 12.6. The maximum Gasteiger partial charge on any atom is 0.0494 e. The third-order valence-electron chi connectivity index (χ3n) is 4.67. The van der Waals surface area contributed by atoms with Crippen molar-refractivity contribution in [3.63, 3.8) is 0 Å². The molecule has 0 aliphatic carbocycles. The molecule has 0 saturated heterocycles. The zero-order valence-electron chi connectivity index (χ0n) is 14.6. The van der Waals surface area contributed by atoms with E-state index < -0.39 is 0 Å². The van der Waals surface area contributed by atoms with Crippen molar-refractivity contribution in [2.24, 2.45) is 0 Å². The molecule has 124 valence electrons. The summed E-state index contributed by atoms with van der Waals surface area (Å²) in [4.78, 5) is 2.44. The largest absolute Gasteiger partial charge is 0.336 e. The number of fused-ring (bicyclic) bond motifs is 2. The average Bonchev–Trinajstić information content (AvgIpc) is 2.66. The van der Waals surface area contributed by atoms with Crippen molar-refractivity contribution in [1.82, 2.24) is 0 Å². The Morgan fingerprint density at radius 1 is 0.800 bits per heavy atom. The molecule has 0 radical (unpaired) electrons. The molecule has 0 N–H and O–H groups in total. The fraction of sp³-hybridized carbons (Fsp3) is 0.130. The van der Waals surface area contributed by atoms with Gasteiger partial charge in [0.15, 0.2) is 0 Å². The minimum Gasteiger partial charge on any atom is -0.336 e. The zero-order chi connectivity index (χ0) is 17.2. The van der Waals surface area contributed by atoms with Crippen LogP contribution in [-0.2, 0) is 6.54 Å². The predicted octanol–water partition coefficient (Wildman–Crippen LogP) is 6.40. The molecule has 1 aliphatic rings. The van der Waals surface area contributed by atoms with E-state index in [-0.39, 0.29) is 0 Å². The lowest BCUT2D eigenvalue weighted by molar-refractivity contribution is 0.962. The molecular formula is C23H21NS. The lowest BCUT2D eigenvalue weighted by Crippen LogP contribution is -2.22. The SMILES string of the molecule is CSC=C1c2ccccc2N(Cc2ccc(C)cc2)c2ccccc21. The number of thioether (sulfide) groups is 1. The van der Waals surface area contributed by atoms with Crippen molar-refractivity contribution in [1.29, 1.82) is 0 Å². The lowest BCUT2D eigenvalue weighted by Gasteiger charge is -2.34. The molecule has 4 rings (SSSR count). The van der Waals surface area contributed by atoms with Gasteiger partial charge >= 0.3 is 0 Å². The second kappa shape index (κ2) is 6.81. The first-order valence-electron chi connectivity index (χ1n) is 8.53. The van der Waals surface area contributed by atoms with Gasteiger partial charge in [0.2, 0.25) is 0 Å². The van der Waals surface area contributed by atoms with Crippen LogP contribution in [0.15, 0.2) is 78.2 Å². The van der Waals surface area contributed by atoms with Crippen molar-refractivity contribution < 1.29 is 0 Å². The zero-order valence-corrected chi connectivity index (χ0v) is 15.4. The standard InChI is InChI=1S/C23H21NS/c1-17-11-13-18(14-12-17)15-24-22-9-5-3-7-19(22)21(16-25-2)20-8-4-6-10-23(20)24/h3-14,16H,15H2,1-2H3. The number of nitrogens with zero attached hydrogens (tertiary/aromatic N) is 1. The average molecular weight is 343 g/mol. The minimum atomic E-state index is 0.876. The van der Waals surface area contributed by atoms with Crippen LogP contribution < -0.4 is 4.90 Å². The highest BCUT2D eigenvalue weighted by atomic mass is 32.2. The molecule has 0 atom stereocenters. The fourth-order valence-corrected chi connectivity index (χ4v) is 3.93. The van der Waals surface area contributed by atoms with Crippen molar-refractivity contribution in [3.8, 4) is 0 Å². The van der Waals surface area contributed by atoms with Gasteiger partial charge in [0, 0.05) is 29.0 Å². The van der Waals surface area contributed by atoms with Gasteiger partial charge in [-0.2, -0.15) is 0 Å². The summed E-state index contributed by atoms with van der Waals surface area (Å²) in [6.07, 6.45) is 2.12. The molecule has 1 nitrogen and oxygen atoms in total. The molecule has 3 aromatic rings. The molecule has 0 spiro atoms. The summed E-state index contributed by atoms with van der Waals surface area (Å²) < 4.78 is 0. The fourth-order valence-electron chi connectivity index (χ4n) is 3.44. The van der Waals surface area contributed by atoms with E-state index in [2.05, 4.69) is 96.3 Å². The number of rotatable bonds is 3. The van der Waals surface area contributed by atoms with Crippen molar-refractivity contribution >= 4 is 28.7 Å². The number of benzene rings is 3. The maximum absolute atomic E-state index is 2.44. The van der Waals surface area contributed by atoms with Crippen LogP contribution in [-0.4, -0.2) is 6.26 Å². The Morgan fingerprint density at radius 3 is 1.92 bits per heavy atom. The van der Waals surface area contributed by atoms with Crippen molar-refractivity contribution in [2.45, 2.75) is 13.5 Å². The molecule has 2 heteroatoms. The minimum absolute atomic E-state index is 0.876. The third-order valence-corrected chi connectivity index (χ3v) is 5.14. The summed E-state index contributed by atoms with van der Waals surface area (Å²) in [6, 6.07) is 26.3. The molecule has 1 aliphatic heterocycles. The molecule has 0 amide bonds. The van der Waals surface area contributed by atoms with Crippen LogP contribution in [0.2, 0.25) is 0 Å². The van der Waals surface area contributed by atoms with E-state index in [1.165, 1.54) is 39.2 Å². The second-order valence-electron chi connectivity index (χ2n) is 6.37. The molecule has 0 saturated carbocycles. The van der Waals surface area contributed by atoms with E-state index in [1.54, 1.807) is 11.8 Å². The molecule has 0 bridgehead atoms. The van der Waals surface area contributed by atoms with Crippen LogP contribution in [0.25, 0.3) is 5.57 Å². The summed E-state index contributed by atoms with van der Waals surface area (Å²) in [5, 5.41) is 2.26. The number of aryl methyl sites for hydroxylation is 1. The first kappa shape index (κ1) is 16.0. The molecule has 0 aromatic heterocycles. The first-order valence-corrected chi connectivity index (χ1v) is 9.81. The quantitative estimate of drug-likeness (QED) is 0.541. The van der Waals surface area contributed by atoms with Gasteiger partial charge in [0.1, 0.15) is 0 Å². The number of hydrogen-bond donors (Lipinski definition) is 0. The van der Waals surface area contributed by atoms with Crippen LogP contribution >= 0.6 is 11.8 Å². The molecular weight excluding hydrogens is 322 g/mol. The highest BCUT2D eigenvalue weighted by Gasteiger charge is 2.25. The summed E-state index contributed by atoms with van der Waals surface area (Å²) in [5.41, 5.74) is 9.12. The van der Waals surface area contributed by atoms with Gasteiger partial charge in [-0.05, 0) is 41.9 Å².